The third-order valence-electron chi connectivity index (χ3n) is 2.42. The summed E-state index contributed by atoms with van der Waals surface area (Å²) in [5.74, 6) is -1.05. The van der Waals surface area contributed by atoms with Gasteiger partial charge in [0.05, 0.1) is 10.6 Å². The fourth-order valence-corrected chi connectivity index (χ4v) is 1.99. The SMILES string of the molecule is NC1=NC(Cl)(c2ccccc2C(=O)O)NC=C1Cl. The molecule has 1 aliphatic rings. The normalized spacial score (nSPS) is 22.8. The van der Waals surface area contributed by atoms with Crippen molar-refractivity contribution in [2.45, 2.75) is 5.12 Å². The van der Waals surface area contributed by atoms with Gasteiger partial charge in [0.25, 0.3) is 0 Å². The number of aliphatic imine (C=N–C) groups is 1. The molecule has 1 aromatic carbocycles. The number of nitrogens with two attached hydrogens (primary N) is 1. The lowest BCUT2D eigenvalue weighted by molar-refractivity contribution is 0.0694. The Morgan fingerprint density at radius 3 is 2.72 bits per heavy atom. The summed E-state index contributed by atoms with van der Waals surface area (Å²) in [5.41, 5.74) is 5.93. The molecule has 0 saturated carbocycles. The van der Waals surface area contributed by atoms with Crippen LogP contribution in [0.5, 0.6) is 0 Å². The van der Waals surface area contributed by atoms with Crippen LogP contribution in [-0.4, -0.2) is 16.9 Å². The van der Waals surface area contributed by atoms with Crippen molar-refractivity contribution in [3.05, 3.63) is 46.6 Å². The molecule has 5 nitrogen and oxygen atoms in total. The van der Waals surface area contributed by atoms with E-state index in [1.54, 1.807) is 18.2 Å². The Morgan fingerprint density at radius 2 is 2.11 bits per heavy atom. The highest BCUT2D eigenvalue weighted by Gasteiger charge is 2.34. The van der Waals surface area contributed by atoms with Crippen molar-refractivity contribution in [2.75, 3.05) is 0 Å². The van der Waals surface area contributed by atoms with Gasteiger partial charge in [0.15, 0.2) is 0 Å². The summed E-state index contributed by atoms with van der Waals surface area (Å²) in [6.07, 6.45) is 1.38. The average molecular weight is 286 g/mol. The number of halogens is 2. The smallest absolute Gasteiger partial charge is 0.336 e. The molecule has 1 aliphatic heterocycles. The minimum absolute atomic E-state index is 0.0444. The second kappa shape index (κ2) is 4.51. The number of nitrogens with zero attached hydrogens (tertiary/aromatic N) is 1. The van der Waals surface area contributed by atoms with Crippen molar-refractivity contribution in [3.63, 3.8) is 0 Å². The lowest BCUT2D eigenvalue weighted by atomic mass is 10.0. The van der Waals surface area contributed by atoms with Gasteiger partial charge >= 0.3 is 5.97 Å². The van der Waals surface area contributed by atoms with Crippen molar-refractivity contribution >= 4 is 35.0 Å². The number of nitrogens with one attached hydrogen (secondary N) is 1. The maximum absolute atomic E-state index is 11.1. The monoisotopic (exact) mass is 285 g/mol. The molecule has 94 valence electrons. The Kier molecular flexibility index (Phi) is 3.19. The van der Waals surface area contributed by atoms with E-state index in [0.717, 1.165) is 0 Å². The Hall–Kier alpha value is -1.72. The van der Waals surface area contributed by atoms with Crippen LogP contribution < -0.4 is 11.1 Å². The van der Waals surface area contributed by atoms with Crippen LogP contribution in [0.1, 0.15) is 15.9 Å². The average Bonchev–Trinajstić information content (AvgIpc) is 2.34. The number of carbonyl (C=O) groups is 1. The Bertz CT molecular complexity index is 571. The molecule has 1 unspecified atom stereocenters. The predicted molar refractivity (Wildman–Crippen MR) is 69.6 cm³/mol. The standard InChI is InChI=1S/C11H9Cl2N3O2/c12-8-5-15-11(13,16-9(8)14)7-4-2-1-3-6(7)10(17)18/h1-5,15H,(H2,14,16)(H,17,18). The lowest BCUT2D eigenvalue weighted by Gasteiger charge is -2.28. The van der Waals surface area contributed by atoms with E-state index in [2.05, 4.69) is 10.3 Å². The molecule has 0 bridgehead atoms. The van der Waals surface area contributed by atoms with Crippen LogP contribution in [0.3, 0.4) is 0 Å². The van der Waals surface area contributed by atoms with Crippen molar-refractivity contribution in [2.24, 2.45) is 10.7 Å². The fourth-order valence-electron chi connectivity index (χ4n) is 1.58. The Morgan fingerprint density at radius 1 is 1.44 bits per heavy atom. The van der Waals surface area contributed by atoms with E-state index in [9.17, 15) is 4.79 Å². The first-order valence-electron chi connectivity index (χ1n) is 4.95. The van der Waals surface area contributed by atoms with E-state index in [0.29, 0.717) is 5.56 Å². The van der Waals surface area contributed by atoms with E-state index in [-0.39, 0.29) is 16.4 Å². The van der Waals surface area contributed by atoms with Gasteiger partial charge in [0, 0.05) is 11.8 Å². The van der Waals surface area contributed by atoms with Crippen molar-refractivity contribution in [1.29, 1.82) is 0 Å². The zero-order valence-electron chi connectivity index (χ0n) is 9.02. The Balaban J connectivity index is 2.53. The van der Waals surface area contributed by atoms with E-state index in [4.69, 9.17) is 34.0 Å². The first-order chi connectivity index (χ1) is 8.44. The van der Waals surface area contributed by atoms with Crippen LogP contribution in [-0.2, 0) is 5.12 Å². The third-order valence-corrected chi connectivity index (χ3v) is 3.12. The maximum atomic E-state index is 11.1. The van der Waals surface area contributed by atoms with Gasteiger partial charge in [-0.1, -0.05) is 41.4 Å². The van der Waals surface area contributed by atoms with E-state index >= 15 is 0 Å². The summed E-state index contributed by atoms with van der Waals surface area (Å²) >= 11 is 12.0. The number of benzene rings is 1. The molecule has 0 radical (unpaired) electrons. The van der Waals surface area contributed by atoms with Gasteiger partial charge in [-0.05, 0) is 6.07 Å². The van der Waals surface area contributed by atoms with Gasteiger partial charge in [-0.25, -0.2) is 9.79 Å². The summed E-state index contributed by atoms with van der Waals surface area (Å²) < 4.78 is 0. The van der Waals surface area contributed by atoms with Crippen LogP contribution in [0.4, 0.5) is 0 Å². The van der Waals surface area contributed by atoms with Gasteiger partial charge in [-0.15, -0.1) is 0 Å². The van der Waals surface area contributed by atoms with Crippen LogP contribution in [0.15, 0.2) is 40.5 Å². The third kappa shape index (κ3) is 2.14. The molecular formula is C11H9Cl2N3O2. The van der Waals surface area contributed by atoms with Crippen LogP contribution in [0, 0.1) is 0 Å². The molecule has 4 N–H and O–H groups in total. The molecule has 0 fully saturated rings. The molecule has 0 aromatic heterocycles. The second-order valence-corrected chi connectivity index (χ2v) is 4.56. The van der Waals surface area contributed by atoms with Gasteiger partial charge in [-0.3, -0.25) is 0 Å². The van der Waals surface area contributed by atoms with Gasteiger partial charge < -0.3 is 16.2 Å². The van der Waals surface area contributed by atoms with Gasteiger partial charge in [0.2, 0.25) is 5.12 Å². The summed E-state index contributed by atoms with van der Waals surface area (Å²) in [6.45, 7) is 0. The number of amidine groups is 1. The predicted octanol–water partition coefficient (Wildman–Crippen LogP) is 1.77. The number of alkyl halides is 1. The summed E-state index contributed by atoms with van der Waals surface area (Å²) in [7, 11) is 0. The largest absolute Gasteiger partial charge is 0.478 e. The molecule has 1 heterocycles. The fraction of sp³-hybridized carbons (Fsp3) is 0.0909. The summed E-state index contributed by atoms with van der Waals surface area (Å²) in [4.78, 5) is 15.1. The van der Waals surface area contributed by atoms with E-state index in [1.807, 2.05) is 0 Å². The quantitative estimate of drug-likeness (QED) is 0.571. The lowest BCUT2D eigenvalue weighted by Crippen LogP contribution is -2.39. The molecule has 0 spiro atoms. The highest BCUT2D eigenvalue weighted by molar-refractivity contribution is 6.43. The zero-order valence-corrected chi connectivity index (χ0v) is 10.5. The number of rotatable bonds is 2. The molecule has 0 amide bonds. The van der Waals surface area contributed by atoms with Gasteiger partial charge in [0.1, 0.15) is 5.84 Å². The topological polar surface area (TPSA) is 87.7 Å². The minimum atomic E-state index is -1.46. The van der Waals surface area contributed by atoms with Crippen molar-refractivity contribution in [1.82, 2.24) is 5.32 Å². The highest BCUT2D eigenvalue weighted by atomic mass is 35.5. The molecule has 1 aromatic rings. The summed E-state index contributed by atoms with van der Waals surface area (Å²) in [5, 5.41) is 10.6. The minimum Gasteiger partial charge on any atom is -0.478 e. The highest BCUT2D eigenvalue weighted by Crippen LogP contribution is 2.33. The number of carboxylic acid groups (broad SMARTS) is 1. The van der Waals surface area contributed by atoms with Crippen molar-refractivity contribution in [3.8, 4) is 0 Å². The zero-order chi connectivity index (χ0) is 13.3. The molecule has 18 heavy (non-hydrogen) atoms. The Labute approximate surface area is 113 Å². The second-order valence-electron chi connectivity index (χ2n) is 3.61. The van der Waals surface area contributed by atoms with E-state index in [1.165, 1.54) is 12.3 Å². The number of hydrogen-bond acceptors (Lipinski definition) is 4. The maximum Gasteiger partial charge on any atom is 0.336 e. The molecular weight excluding hydrogens is 277 g/mol. The van der Waals surface area contributed by atoms with Crippen LogP contribution in [0.2, 0.25) is 0 Å². The number of hydrogen-bond donors (Lipinski definition) is 3. The summed E-state index contributed by atoms with van der Waals surface area (Å²) in [6, 6.07) is 6.27. The van der Waals surface area contributed by atoms with Crippen LogP contribution >= 0.6 is 23.2 Å². The molecule has 0 saturated heterocycles. The molecule has 0 aliphatic carbocycles. The van der Waals surface area contributed by atoms with Gasteiger partial charge in [-0.2, -0.15) is 0 Å². The molecule has 7 heteroatoms. The van der Waals surface area contributed by atoms with E-state index < -0.39 is 11.1 Å². The van der Waals surface area contributed by atoms with Crippen molar-refractivity contribution < 1.29 is 9.90 Å². The number of aromatic carboxylic acids is 1. The number of carboxylic acids is 1. The first kappa shape index (κ1) is 12.7. The first-order valence-corrected chi connectivity index (χ1v) is 5.70. The molecule has 1 atom stereocenters. The molecule has 2 rings (SSSR count). The van der Waals surface area contributed by atoms with Crippen LogP contribution in [0.25, 0.3) is 0 Å².